The van der Waals surface area contributed by atoms with E-state index in [9.17, 15) is 4.91 Å². The molecule has 4 aromatic rings. The van der Waals surface area contributed by atoms with Crippen LogP contribution in [0.3, 0.4) is 0 Å². The SMILES string of the molecule is O=NC1(c2ccccc2-c2ccccc2)c2ccccc2-c2c1cc(Br)c1c2CC2C#CC1/C=C\CC2. The maximum Gasteiger partial charge on any atom is 0.179 e. The number of hydrogen-bond donors (Lipinski definition) is 0. The van der Waals surface area contributed by atoms with E-state index in [-0.39, 0.29) is 5.92 Å². The van der Waals surface area contributed by atoms with E-state index in [0.717, 1.165) is 62.7 Å². The Morgan fingerprint density at radius 2 is 1.54 bits per heavy atom. The van der Waals surface area contributed by atoms with Crippen LogP contribution in [0.4, 0.5) is 0 Å². The Kier molecular flexibility index (Phi) is 5.27. The average molecular weight is 542 g/mol. The first-order chi connectivity index (χ1) is 18.2. The molecule has 7 rings (SSSR count). The van der Waals surface area contributed by atoms with Crippen LogP contribution < -0.4 is 0 Å². The normalized spacial score (nSPS) is 23.4. The first kappa shape index (κ1) is 22.5. The third kappa shape index (κ3) is 3.26. The van der Waals surface area contributed by atoms with Crippen LogP contribution in [0.25, 0.3) is 22.3 Å². The molecule has 0 heterocycles. The topological polar surface area (TPSA) is 29.4 Å². The Labute approximate surface area is 225 Å². The number of benzene rings is 4. The minimum absolute atomic E-state index is 0.0444. The fourth-order valence-electron chi connectivity index (χ4n) is 6.55. The summed E-state index contributed by atoms with van der Waals surface area (Å²) in [6.07, 6.45) is 7.51. The van der Waals surface area contributed by atoms with Crippen molar-refractivity contribution >= 4 is 15.9 Å². The van der Waals surface area contributed by atoms with Gasteiger partial charge in [0.05, 0.1) is 5.92 Å². The zero-order valence-corrected chi connectivity index (χ0v) is 21.8. The monoisotopic (exact) mass is 541 g/mol. The number of allylic oxidation sites excluding steroid dienone is 2. The van der Waals surface area contributed by atoms with E-state index in [2.05, 4.69) is 93.6 Å². The summed E-state index contributed by atoms with van der Waals surface area (Å²) in [5.74, 6) is 7.45. The molecule has 37 heavy (non-hydrogen) atoms. The van der Waals surface area contributed by atoms with Gasteiger partial charge in [0.25, 0.3) is 0 Å². The van der Waals surface area contributed by atoms with E-state index in [4.69, 9.17) is 0 Å². The molecule has 0 radical (unpaired) electrons. The average Bonchev–Trinajstić information content (AvgIpc) is 3.13. The van der Waals surface area contributed by atoms with Crippen LogP contribution in [-0.2, 0) is 12.0 Å². The summed E-state index contributed by atoms with van der Waals surface area (Å²) in [6, 6.07) is 29.0. The van der Waals surface area contributed by atoms with E-state index in [1.807, 2.05) is 36.4 Å². The highest BCUT2D eigenvalue weighted by Gasteiger charge is 2.49. The standard InChI is InChI=1S/C34H24BrNO/c35-31-21-30-33(27-20-22-10-4-5-13-24(19-18-22)32(27)31)26-15-7-9-17-29(26)34(30,36-37)28-16-8-6-14-25(28)23-11-2-1-3-12-23/h1-3,5-9,11-17,21-22,24H,4,10,20H2/b13-5-. The van der Waals surface area contributed by atoms with Crippen LogP contribution in [0, 0.1) is 22.7 Å². The Balaban J connectivity index is 1.58. The van der Waals surface area contributed by atoms with Gasteiger partial charge in [0, 0.05) is 16.0 Å². The lowest BCUT2D eigenvalue weighted by molar-refractivity contribution is 0.615. The van der Waals surface area contributed by atoms with Crippen molar-refractivity contribution in [1.29, 1.82) is 0 Å². The van der Waals surface area contributed by atoms with Crippen LogP contribution in [-0.4, -0.2) is 0 Å². The summed E-state index contributed by atoms with van der Waals surface area (Å²) in [5, 5.41) is 4.05. The molecule has 0 spiro atoms. The zero-order valence-electron chi connectivity index (χ0n) is 20.2. The molecule has 3 atom stereocenters. The molecule has 0 aromatic heterocycles. The zero-order chi connectivity index (χ0) is 25.0. The second kappa shape index (κ2) is 8.68. The fourth-order valence-corrected chi connectivity index (χ4v) is 7.27. The molecule has 0 saturated carbocycles. The van der Waals surface area contributed by atoms with Crippen molar-refractivity contribution in [3.8, 4) is 34.1 Å². The summed E-state index contributed by atoms with van der Waals surface area (Å²) < 4.78 is 1.01. The third-order valence-electron chi connectivity index (χ3n) is 8.15. The molecular formula is C34H24BrNO. The van der Waals surface area contributed by atoms with Gasteiger partial charge >= 0.3 is 0 Å². The fraction of sp³-hybridized carbons (Fsp3) is 0.176. The Morgan fingerprint density at radius 1 is 0.838 bits per heavy atom. The van der Waals surface area contributed by atoms with E-state index in [1.165, 1.54) is 11.1 Å². The van der Waals surface area contributed by atoms with Crippen molar-refractivity contribution in [2.75, 3.05) is 0 Å². The van der Waals surface area contributed by atoms with Gasteiger partial charge in [0.1, 0.15) is 0 Å². The smallest absolute Gasteiger partial charge is 0.149 e. The molecule has 0 N–H and O–H groups in total. The number of hydrogen-bond acceptors (Lipinski definition) is 2. The van der Waals surface area contributed by atoms with Crippen LogP contribution in [0.15, 0.2) is 107 Å². The van der Waals surface area contributed by atoms with Gasteiger partial charge in [-0.25, -0.2) is 0 Å². The van der Waals surface area contributed by atoms with Crippen molar-refractivity contribution in [3.63, 3.8) is 0 Å². The molecule has 178 valence electrons. The first-order valence-electron chi connectivity index (χ1n) is 12.8. The van der Waals surface area contributed by atoms with Crippen LogP contribution >= 0.6 is 15.9 Å². The molecule has 3 aliphatic carbocycles. The number of rotatable bonds is 3. The van der Waals surface area contributed by atoms with Crippen LogP contribution in [0.5, 0.6) is 0 Å². The molecule has 0 amide bonds. The molecular weight excluding hydrogens is 518 g/mol. The van der Waals surface area contributed by atoms with Gasteiger partial charge in [-0.15, -0.1) is 4.91 Å². The van der Waals surface area contributed by atoms with E-state index in [0.29, 0.717) is 5.92 Å². The summed E-state index contributed by atoms with van der Waals surface area (Å²) in [6.45, 7) is 0. The van der Waals surface area contributed by atoms with E-state index in [1.54, 1.807) is 0 Å². The maximum absolute atomic E-state index is 13.3. The van der Waals surface area contributed by atoms with Gasteiger partial charge < -0.3 is 0 Å². The van der Waals surface area contributed by atoms with Crippen molar-refractivity contribution in [3.05, 3.63) is 134 Å². The highest BCUT2D eigenvalue weighted by Crippen LogP contribution is 2.58. The minimum atomic E-state index is -1.15. The number of nitrogens with zero attached hydrogens (tertiary/aromatic N) is 1. The largest absolute Gasteiger partial charge is 0.179 e. The second-order valence-corrected chi connectivity index (χ2v) is 11.0. The van der Waals surface area contributed by atoms with Gasteiger partial charge in [0.2, 0.25) is 0 Å². The molecule has 3 heteroatoms. The van der Waals surface area contributed by atoms with E-state index < -0.39 is 5.54 Å². The van der Waals surface area contributed by atoms with Crippen LogP contribution in [0.1, 0.15) is 46.6 Å². The summed E-state index contributed by atoms with van der Waals surface area (Å²) in [5.41, 5.74) is 8.56. The molecule has 4 aromatic carbocycles. The lowest BCUT2D eigenvalue weighted by atomic mass is 9.77. The Hall–Kier alpha value is -3.74. The van der Waals surface area contributed by atoms with Gasteiger partial charge in [-0.3, -0.25) is 0 Å². The highest BCUT2D eigenvalue weighted by atomic mass is 79.9. The number of halogens is 1. The molecule has 2 bridgehead atoms. The van der Waals surface area contributed by atoms with E-state index >= 15 is 0 Å². The van der Waals surface area contributed by atoms with Crippen molar-refractivity contribution < 1.29 is 0 Å². The number of fused-ring (bicyclic) bond motifs is 8. The molecule has 3 unspecified atom stereocenters. The summed E-state index contributed by atoms with van der Waals surface area (Å²) in [7, 11) is 0. The summed E-state index contributed by atoms with van der Waals surface area (Å²) in [4.78, 5) is 13.3. The maximum atomic E-state index is 13.3. The Bertz CT molecular complexity index is 1660. The summed E-state index contributed by atoms with van der Waals surface area (Å²) >= 11 is 3.94. The first-order valence-corrected chi connectivity index (χ1v) is 13.6. The molecule has 0 aliphatic heterocycles. The van der Waals surface area contributed by atoms with Gasteiger partial charge in [-0.2, -0.15) is 0 Å². The molecule has 0 fully saturated rings. The van der Waals surface area contributed by atoms with Crippen LogP contribution in [0.2, 0.25) is 0 Å². The molecule has 2 nitrogen and oxygen atoms in total. The number of nitroso groups, excluding NO2 is 1. The van der Waals surface area contributed by atoms with Crippen molar-refractivity contribution in [2.45, 2.75) is 30.7 Å². The predicted molar refractivity (Wildman–Crippen MR) is 153 cm³/mol. The van der Waals surface area contributed by atoms with Gasteiger partial charge in [-0.05, 0) is 75.0 Å². The third-order valence-corrected chi connectivity index (χ3v) is 8.81. The van der Waals surface area contributed by atoms with Gasteiger partial charge in [0.15, 0.2) is 5.54 Å². The van der Waals surface area contributed by atoms with Crippen molar-refractivity contribution in [1.82, 2.24) is 0 Å². The quantitative estimate of drug-likeness (QED) is 0.145. The lowest BCUT2D eigenvalue weighted by Gasteiger charge is -2.28. The Morgan fingerprint density at radius 3 is 2.32 bits per heavy atom. The molecule has 0 saturated heterocycles. The second-order valence-electron chi connectivity index (χ2n) is 10.1. The lowest BCUT2D eigenvalue weighted by Crippen LogP contribution is -2.25. The molecule has 3 aliphatic rings. The van der Waals surface area contributed by atoms with Crippen molar-refractivity contribution in [2.24, 2.45) is 11.1 Å². The highest BCUT2D eigenvalue weighted by molar-refractivity contribution is 9.10. The minimum Gasteiger partial charge on any atom is -0.149 e. The predicted octanol–water partition coefficient (Wildman–Crippen LogP) is 8.76. The van der Waals surface area contributed by atoms with Gasteiger partial charge in [-0.1, -0.05) is 119 Å².